The van der Waals surface area contributed by atoms with Crippen molar-refractivity contribution in [2.75, 3.05) is 29.9 Å². The van der Waals surface area contributed by atoms with Crippen molar-refractivity contribution in [2.45, 2.75) is 46.0 Å². The van der Waals surface area contributed by atoms with E-state index in [0.717, 1.165) is 6.54 Å². The number of benzene rings is 1. The molecule has 0 unspecified atom stereocenters. The summed E-state index contributed by atoms with van der Waals surface area (Å²) in [5, 5.41) is 3.62. The second kappa shape index (κ2) is 5.07. The largest absolute Gasteiger partial charge is 0.383 e. The molecule has 19 heavy (non-hydrogen) atoms. The fourth-order valence-electron chi connectivity index (χ4n) is 3.40. The minimum Gasteiger partial charge on any atom is -0.383 e. The maximum Gasteiger partial charge on any atom is 0.0610 e. The number of aryl methyl sites for hydroxylation is 1. The molecule has 1 aromatic rings. The van der Waals surface area contributed by atoms with Crippen LogP contribution < -0.4 is 10.2 Å². The number of nitrogens with one attached hydrogen (secondary N) is 1. The normalized spacial score (nSPS) is 21.7. The molecular weight excluding hydrogens is 232 g/mol. The molecular formula is C17H26N2. The molecule has 0 amide bonds. The number of piperidine rings is 1. The molecule has 1 aromatic carbocycles. The van der Waals surface area contributed by atoms with E-state index in [1.165, 1.54) is 62.1 Å². The molecule has 1 N–H and O–H groups in total. The van der Waals surface area contributed by atoms with Gasteiger partial charge in [-0.15, -0.1) is 0 Å². The summed E-state index contributed by atoms with van der Waals surface area (Å²) in [7, 11) is 0. The first-order valence-corrected chi connectivity index (χ1v) is 7.82. The van der Waals surface area contributed by atoms with Gasteiger partial charge in [0.1, 0.15) is 0 Å². The van der Waals surface area contributed by atoms with E-state index < -0.39 is 0 Å². The molecule has 0 bridgehead atoms. The number of anilines is 2. The predicted molar refractivity (Wildman–Crippen MR) is 83.1 cm³/mol. The minimum atomic E-state index is 0.568. The van der Waals surface area contributed by atoms with Gasteiger partial charge in [-0.3, -0.25) is 0 Å². The number of fused-ring (bicyclic) bond motifs is 1. The van der Waals surface area contributed by atoms with Gasteiger partial charge in [-0.25, -0.2) is 0 Å². The van der Waals surface area contributed by atoms with Crippen molar-refractivity contribution in [3.63, 3.8) is 0 Å². The monoisotopic (exact) mass is 258 g/mol. The Kier molecular flexibility index (Phi) is 3.42. The van der Waals surface area contributed by atoms with Crippen molar-refractivity contribution < 1.29 is 0 Å². The van der Waals surface area contributed by atoms with E-state index in [2.05, 4.69) is 42.3 Å². The Balaban J connectivity index is 1.80. The molecule has 0 aromatic heterocycles. The molecule has 0 radical (unpaired) electrons. The highest BCUT2D eigenvalue weighted by atomic mass is 15.2. The van der Waals surface area contributed by atoms with Gasteiger partial charge in [-0.05, 0) is 42.7 Å². The lowest BCUT2D eigenvalue weighted by molar-refractivity contribution is 0.238. The molecule has 0 atom stereocenters. The third-order valence-electron chi connectivity index (χ3n) is 5.22. The van der Waals surface area contributed by atoms with Crippen LogP contribution in [-0.4, -0.2) is 19.6 Å². The third-order valence-corrected chi connectivity index (χ3v) is 5.22. The molecule has 2 nitrogen and oxygen atoms in total. The van der Waals surface area contributed by atoms with E-state index in [9.17, 15) is 0 Å². The molecule has 1 fully saturated rings. The van der Waals surface area contributed by atoms with E-state index in [1.54, 1.807) is 0 Å². The van der Waals surface area contributed by atoms with Crippen LogP contribution in [0, 0.1) is 5.41 Å². The van der Waals surface area contributed by atoms with Crippen LogP contribution in [0.25, 0.3) is 0 Å². The van der Waals surface area contributed by atoms with Gasteiger partial charge in [-0.2, -0.15) is 0 Å². The maximum absolute atomic E-state index is 3.62. The number of hydrogen-bond acceptors (Lipinski definition) is 2. The molecule has 2 heteroatoms. The molecule has 2 aliphatic rings. The van der Waals surface area contributed by atoms with Crippen LogP contribution in [0.2, 0.25) is 0 Å². The smallest absolute Gasteiger partial charge is 0.0610 e. The lowest BCUT2D eigenvalue weighted by Gasteiger charge is -2.41. The van der Waals surface area contributed by atoms with Crippen molar-refractivity contribution >= 4 is 11.4 Å². The Morgan fingerprint density at radius 2 is 2.05 bits per heavy atom. The summed E-state index contributed by atoms with van der Waals surface area (Å²) < 4.78 is 0. The quantitative estimate of drug-likeness (QED) is 0.860. The van der Waals surface area contributed by atoms with Crippen molar-refractivity contribution in [3.8, 4) is 0 Å². The highest BCUT2D eigenvalue weighted by Crippen LogP contribution is 2.39. The van der Waals surface area contributed by atoms with Crippen LogP contribution >= 0.6 is 0 Å². The molecule has 0 saturated carbocycles. The van der Waals surface area contributed by atoms with Crippen molar-refractivity contribution in [2.24, 2.45) is 5.41 Å². The highest BCUT2D eigenvalue weighted by Gasteiger charge is 2.29. The third kappa shape index (κ3) is 2.45. The standard InChI is InChI=1S/C17H26N2/c1-3-17(2)9-12-19(13-10-17)15-8-4-6-14-7-5-11-18-16(14)15/h4,6,8,18H,3,5,7,9-13H2,1-2H3. The average molecular weight is 258 g/mol. The molecule has 2 aliphatic heterocycles. The predicted octanol–water partition coefficient (Wildman–Crippen LogP) is 4.06. The topological polar surface area (TPSA) is 15.3 Å². The van der Waals surface area contributed by atoms with Gasteiger partial charge in [0.25, 0.3) is 0 Å². The molecule has 1 saturated heterocycles. The molecule has 0 spiro atoms. The van der Waals surface area contributed by atoms with Crippen LogP contribution in [0.1, 0.15) is 45.1 Å². The van der Waals surface area contributed by atoms with E-state index in [-0.39, 0.29) is 0 Å². The van der Waals surface area contributed by atoms with Gasteiger partial charge in [0.05, 0.1) is 11.4 Å². The number of para-hydroxylation sites is 1. The maximum atomic E-state index is 3.62. The van der Waals surface area contributed by atoms with Crippen LogP contribution in [0.15, 0.2) is 18.2 Å². The van der Waals surface area contributed by atoms with Gasteiger partial charge in [0.2, 0.25) is 0 Å². The van der Waals surface area contributed by atoms with Gasteiger partial charge in [0.15, 0.2) is 0 Å². The zero-order valence-electron chi connectivity index (χ0n) is 12.3. The first-order chi connectivity index (χ1) is 9.22. The zero-order valence-corrected chi connectivity index (χ0v) is 12.3. The van der Waals surface area contributed by atoms with E-state index in [4.69, 9.17) is 0 Å². The fourth-order valence-corrected chi connectivity index (χ4v) is 3.40. The Bertz CT molecular complexity index is 445. The van der Waals surface area contributed by atoms with Crippen LogP contribution in [0.4, 0.5) is 11.4 Å². The SMILES string of the molecule is CCC1(C)CCN(c2cccc3c2NCCC3)CC1. The van der Waals surface area contributed by atoms with Gasteiger partial charge in [0, 0.05) is 19.6 Å². The summed E-state index contributed by atoms with van der Waals surface area (Å²) in [5.41, 5.74) is 4.93. The summed E-state index contributed by atoms with van der Waals surface area (Å²) in [6, 6.07) is 6.81. The molecule has 2 heterocycles. The molecule has 0 aliphatic carbocycles. The first kappa shape index (κ1) is 12.8. The van der Waals surface area contributed by atoms with E-state index >= 15 is 0 Å². The first-order valence-electron chi connectivity index (χ1n) is 7.82. The summed E-state index contributed by atoms with van der Waals surface area (Å²) in [4.78, 5) is 2.59. The summed E-state index contributed by atoms with van der Waals surface area (Å²) >= 11 is 0. The zero-order chi connectivity index (χ0) is 13.3. The van der Waals surface area contributed by atoms with E-state index in [1.807, 2.05) is 0 Å². The lowest BCUT2D eigenvalue weighted by Crippen LogP contribution is -2.39. The molecule has 3 rings (SSSR count). The minimum absolute atomic E-state index is 0.568. The van der Waals surface area contributed by atoms with Crippen molar-refractivity contribution in [3.05, 3.63) is 23.8 Å². The molecule has 104 valence electrons. The number of hydrogen-bond donors (Lipinski definition) is 1. The number of nitrogens with zero attached hydrogens (tertiary/aromatic N) is 1. The van der Waals surface area contributed by atoms with Crippen molar-refractivity contribution in [1.82, 2.24) is 0 Å². The Labute approximate surface area is 117 Å². The fraction of sp³-hybridized carbons (Fsp3) is 0.647. The average Bonchev–Trinajstić information content (AvgIpc) is 2.48. The number of rotatable bonds is 2. The van der Waals surface area contributed by atoms with Gasteiger partial charge < -0.3 is 10.2 Å². The Hall–Kier alpha value is -1.18. The van der Waals surface area contributed by atoms with Gasteiger partial charge >= 0.3 is 0 Å². The summed E-state index contributed by atoms with van der Waals surface area (Å²) in [6.07, 6.45) is 6.47. The van der Waals surface area contributed by atoms with Crippen molar-refractivity contribution in [1.29, 1.82) is 0 Å². The van der Waals surface area contributed by atoms with Crippen LogP contribution in [0.5, 0.6) is 0 Å². The Morgan fingerprint density at radius 1 is 1.26 bits per heavy atom. The summed E-state index contributed by atoms with van der Waals surface area (Å²) in [5.74, 6) is 0. The second-order valence-electron chi connectivity index (χ2n) is 6.49. The van der Waals surface area contributed by atoms with Crippen LogP contribution in [-0.2, 0) is 6.42 Å². The van der Waals surface area contributed by atoms with Gasteiger partial charge in [-0.1, -0.05) is 32.4 Å². The van der Waals surface area contributed by atoms with E-state index in [0.29, 0.717) is 5.41 Å². The summed E-state index contributed by atoms with van der Waals surface area (Å²) in [6.45, 7) is 8.33. The second-order valence-corrected chi connectivity index (χ2v) is 6.49. The Morgan fingerprint density at radius 3 is 2.79 bits per heavy atom. The van der Waals surface area contributed by atoms with Crippen LogP contribution in [0.3, 0.4) is 0 Å². The highest BCUT2D eigenvalue weighted by molar-refractivity contribution is 5.74. The lowest BCUT2D eigenvalue weighted by atomic mass is 9.78.